The average Bonchev–Trinajstić information content (AvgIpc) is 3.88. The van der Waals surface area contributed by atoms with Crippen molar-refractivity contribution in [2.24, 2.45) is 0 Å². The fourth-order valence-electron chi connectivity index (χ4n) is 12.8. The Morgan fingerprint density at radius 1 is 0.209 bits per heavy atom. The second-order valence-electron chi connectivity index (χ2n) is 18.6. The van der Waals surface area contributed by atoms with Gasteiger partial charge in [0.2, 0.25) is 0 Å². The fourth-order valence-corrected chi connectivity index (χ4v) is 12.8. The zero-order chi connectivity index (χ0) is 43.8. The lowest BCUT2D eigenvalue weighted by molar-refractivity contribution is 0.809. The lowest BCUT2D eigenvalue weighted by Crippen LogP contribution is -2.26. The second-order valence-corrected chi connectivity index (χ2v) is 18.6. The van der Waals surface area contributed by atoms with Crippen molar-refractivity contribution in [2.45, 2.75) is 5.41 Å². The molecule has 0 nitrogen and oxygen atoms in total. The predicted octanol–water partition coefficient (Wildman–Crippen LogP) is 18.0. The van der Waals surface area contributed by atoms with E-state index in [9.17, 15) is 0 Å². The number of rotatable bonds is 3. The fraction of sp³-hybridized carbons (Fsp3) is 0.0149. The van der Waals surface area contributed by atoms with E-state index in [0.29, 0.717) is 0 Å². The summed E-state index contributed by atoms with van der Waals surface area (Å²) in [7, 11) is 0. The number of hydrogen-bond donors (Lipinski definition) is 0. The molecule has 2 aliphatic carbocycles. The highest BCUT2D eigenvalue weighted by Gasteiger charge is 2.53. The van der Waals surface area contributed by atoms with Crippen molar-refractivity contribution < 1.29 is 0 Å². The molecular weight excluding hydrogens is 805 g/mol. The van der Waals surface area contributed by atoms with Gasteiger partial charge in [-0.1, -0.05) is 231 Å². The minimum Gasteiger partial charge on any atom is -0.0619 e. The first-order valence-electron chi connectivity index (χ1n) is 23.5. The highest BCUT2D eigenvalue weighted by Crippen LogP contribution is 2.66. The van der Waals surface area contributed by atoms with Crippen LogP contribution in [-0.4, -0.2) is 0 Å². The Morgan fingerprint density at radius 3 is 1.28 bits per heavy atom. The predicted molar refractivity (Wildman–Crippen MR) is 284 cm³/mol. The summed E-state index contributed by atoms with van der Waals surface area (Å²) in [6.45, 7) is 0. The summed E-state index contributed by atoms with van der Waals surface area (Å²) in [5.74, 6) is 0. The SMILES string of the molecule is c1ccc2c(c1)-c1ccccc1C21c2c(ccc3cc(-c4c5ccccc5c(-c5ccc(-c6ccc7ccccc7c6)cc5)c5ccccc45)ccc23)-c2c1c1ccccc1c1ccccc21. The molecule has 15 rings (SSSR count). The highest BCUT2D eigenvalue weighted by atomic mass is 14.5. The molecule has 0 aliphatic heterocycles. The maximum absolute atomic E-state index is 2.47. The van der Waals surface area contributed by atoms with Crippen LogP contribution >= 0.6 is 0 Å². The Labute approximate surface area is 388 Å². The molecule has 0 unspecified atom stereocenters. The first-order valence-corrected chi connectivity index (χ1v) is 23.5. The summed E-state index contributed by atoms with van der Waals surface area (Å²) < 4.78 is 0. The number of fused-ring (bicyclic) bond motifs is 20. The van der Waals surface area contributed by atoms with Crippen LogP contribution in [0, 0.1) is 0 Å². The van der Waals surface area contributed by atoms with E-state index in [1.54, 1.807) is 0 Å². The average molecular weight is 845 g/mol. The van der Waals surface area contributed by atoms with Gasteiger partial charge in [0, 0.05) is 0 Å². The molecule has 0 fully saturated rings. The lowest BCUT2D eigenvalue weighted by Gasteiger charge is -2.32. The third kappa shape index (κ3) is 4.92. The number of benzene rings is 13. The molecule has 13 aromatic rings. The van der Waals surface area contributed by atoms with E-state index >= 15 is 0 Å². The standard InChI is InChI=1S/C67H40/c1-2-16-44-39-45(34-31-41(44)15-1)42-29-32-43(33-30-42)62-54-22-6-8-24-56(54)63(57-25-9-7-23-55(57)62)47-36-37-48-46(40-47)35-38-59-64-53-21-5-3-17-49(53)50-18-4-10-26-58(50)66(64)67(65(48)59)60-27-13-11-19-51(60)52-20-12-14-28-61(52)67/h1-40H. The highest BCUT2D eigenvalue weighted by molar-refractivity contribution is 6.24. The van der Waals surface area contributed by atoms with E-state index in [2.05, 4.69) is 243 Å². The molecule has 0 N–H and O–H groups in total. The minimum absolute atomic E-state index is 0.507. The molecule has 67 heavy (non-hydrogen) atoms. The second kappa shape index (κ2) is 13.7. The van der Waals surface area contributed by atoms with Gasteiger partial charge in [-0.2, -0.15) is 0 Å². The van der Waals surface area contributed by atoms with E-state index < -0.39 is 5.41 Å². The molecule has 0 radical (unpaired) electrons. The first kappa shape index (κ1) is 36.7. The molecule has 308 valence electrons. The van der Waals surface area contributed by atoms with E-state index in [-0.39, 0.29) is 0 Å². The van der Waals surface area contributed by atoms with Gasteiger partial charge in [0.1, 0.15) is 0 Å². The molecule has 0 amide bonds. The van der Waals surface area contributed by atoms with Crippen LogP contribution < -0.4 is 0 Å². The Hall–Kier alpha value is -8.58. The molecule has 0 heteroatoms. The van der Waals surface area contributed by atoms with Gasteiger partial charge in [-0.15, -0.1) is 0 Å². The largest absolute Gasteiger partial charge is 0.0737 e. The summed E-state index contributed by atoms with van der Waals surface area (Å²) in [5.41, 5.74) is 17.8. The van der Waals surface area contributed by atoms with Gasteiger partial charge in [-0.25, -0.2) is 0 Å². The maximum atomic E-state index is 2.47. The van der Waals surface area contributed by atoms with Crippen molar-refractivity contribution in [3.8, 4) is 55.6 Å². The zero-order valence-electron chi connectivity index (χ0n) is 36.6. The molecule has 13 aromatic carbocycles. The number of hydrogen-bond acceptors (Lipinski definition) is 0. The van der Waals surface area contributed by atoms with Gasteiger partial charge in [0.25, 0.3) is 0 Å². The summed E-state index contributed by atoms with van der Waals surface area (Å²) in [6, 6.07) is 91.4. The molecular formula is C67H40. The normalized spacial score (nSPS) is 13.2. The van der Waals surface area contributed by atoms with Gasteiger partial charge < -0.3 is 0 Å². The van der Waals surface area contributed by atoms with Crippen molar-refractivity contribution >= 4 is 64.6 Å². The van der Waals surface area contributed by atoms with E-state index in [1.165, 1.54) is 143 Å². The van der Waals surface area contributed by atoms with Crippen LogP contribution in [0.25, 0.3) is 120 Å². The van der Waals surface area contributed by atoms with Crippen molar-refractivity contribution in [1.29, 1.82) is 0 Å². The van der Waals surface area contributed by atoms with Crippen LogP contribution in [-0.2, 0) is 5.41 Å². The van der Waals surface area contributed by atoms with Crippen molar-refractivity contribution in [2.75, 3.05) is 0 Å². The van der Waals surface area contributed by atoms with Gasteiger partial charge in [-0.3, -0.25) is 0 Å². The summed E-state index contributed by atoms with van der Waals surface area (Å²) in [5, 5.41) is 15.4. The van der Waals surface area contributed by atoms with Crippen molar-refractivity contribution in [3.05, 3.63) is 265 Å². The Balaban J connectivity index is 0.970. The van der Waals surface area contributed by atoms with Crippen LogP contribution in [0.2, 0.25) is 0 Å². The van der Waals surface area contributed by atoms with Crippen LogP contribution in [0.15, 0.2) is 243 Å². The van der Waals surface area contributed by atoms with E-state index in [4.69, 9.17) is 0 Å². The van der Waals surface area contributed by atoms with Crippen LogP contribution in [0.5, 0.6) is 0 Å². The van der Waals surface area contributed by atoms with Gasteiger partial charge in [0.05, 0.1) is 5.41 Å². The minimum atomic E-state index is -0.507. The third-order valence-corrected chi connectivity index (χ3v) is 15.4. The van der Waals surface area contributed by atoms with Crippen molar-refractivity contribution in [3.63, 3.8) is 0 Å². The van der Waals surface area contributed by atoms with Crippen LogP contribution in [0.4, 0.5) is 0 Å². The van der Waals surface area contributed by atoms with E-state index in [0.717, 1.165) is 0 Å². The molecule has 0 atom stereocenters. The molecule has 0 bridgehead atoms. The summed E-state index contributed by atoms with van der Waals surface area (Å²) in [6.07, 6.45) is 0. The van der Waals surface area contributed by atoms with Gasteiger partial charge in [0.15, 0.2) is 0 Å². The molecule has 1 spiro atoms. The maximum Gasteiger partial charge on any atom is 0.0737 e. The van der Waals surface area contributed by atoms with Gasteiger partial charge in [-0.05, 0) is 155 Å². The monoisotopic (exact) mass is 844 g/mol. The molecule has 0 aromatic heterocycles. The van der Waals surface area contributed by atoms with Crippen molar-refractivity contribution in [1.82, 2.24) is 0 Å². The summed E-state index contributed by atoms with van der Waals surface area (Å²) >= 11 is 0. The lowest BCUT2D eigenvalue weighted by atomic mass is 9.68. The molecule has 0 heterocycles. The van der Waals surface area contributed by atoms with E-state index in [1.807, 2.05) is 0 Å². The summed E-state index contributed by atoms with van der Waals surface area (Å²) in [4.78, 5) is 0. The Morgan fingerprint density at radius 2 is 0.642 bits per heavy atom. The molecule has 2 aliphatic rings. The smallest absolute Gasteiger partial charge is 0.0619 e. The van der Waals surface area contributed by atoms with Crippen LogP contribution in [0.3, 0.4) is 0 Å². The zero-order valence-corrected chi connectivity index (χ0v) is 36.6. The van der Waals surface area contributed by atoms with Gasteiger partial charge >= 0.3 is 0 Å². The molecule has 0 saturated heterocycles. The first-order chi connectivity index (χ1) is 33.3. The Kier molecular flexibility index (Phi) is 7.52. The Bertz CT molecular complexity index is 4160. The molecule has 0 saturated carbocycles. The topological polar surface area (TPSA) is 0 Å². The third-order valence-electron chi connectivity index (χ3n) is 15.4. The quantitative estimate of drug-likeness (QED) is 0.123. The van der Waals surface area contributed by atoms with Crippen LogP contribution in [0.1, 0.15) is 22.3 Å².